The van der Waals surface area contributed by atoms with Crippen LogP contribution < -0.4 is 5.32 Å². The van der Waals surface area contributed by atoms with Gasteiger partial charge in [0.2, 0.25) is 0 Å². The summed E-state index contributed by atoms with van der Waals surface area (Å²) in [6, 6.07) is 18.4. The van der Waals surface area contributed by atoms with Gasteiger partial charge in [-0.3, -0.25) is 4.79 Å². The fourth-order valence-electron chi connectivity index (χ4n) is 2.85. The molecule has 0 fully saturated rings. The third-order valence-corrected chi connectivity index (χ3v) is 5.50. The van der Waals surface area contributed by atoms with Crippen LogP contribution in [-0.4, -0.2) is 10.9 Å². The van der Waals surface area contributed by atoms with Crippen molar-refractivity contribution < 1.29 is 9.18 Å². The molecule has 0 saturated heterocycles. The number of thiazole rings is 1. The predicted molar refractivity (Wildman–Crippen MR) is 117 cm³/mol. The maximum atomic E-state index is 14.1. The summed E-state index contributed by atoms with van der Waals surface area (Å²) in [6.45, 7) is 0. The van der Waals surface area contributed by atoms with Gasteiger partial charge in [-0.1, -0.05) is 53.5 Å². The Morgan fingerprint density at radius 1 is 0.931 bits per heavy atom. The first-order valence-corrected chi connectivity index (χ1v) is 10.2. The van der Waals surface area contributed by atoms with Crippen molar-refractivity contribution in [3.8, 4) is 21.8 Å². The van der Waals surface area contributed by atoms with Gasteiger partial charge >= 0.3 is 0 Å². The zero-order chi connectivity index (χ0) is 20.4. The number of nitrogens with one attached hydrogen (secondary N) is 1. The molecule has 4 aromatic rings. The molecule has 3 nitrogen and oxygen atoms in total. The number of rotatable bonds is 4. The van der Waals surface area contributed by atoms with Gasteiger partial charge in [0.1, 0.15) is 10.8 Å². The monoisotopic (exact) mass is 442 g/mol. The maximum Gasteiger partial charge on any atom is 0.255 e. The fraction of sp³-hybridized carbons (Fsp3) is 0. The van der Waals surface area contributed by atoms with Crippen LogP contribution in [0.1, 0.15) is 10.4 Å². The van der Waals surface area contributed by atoms with E-state index in [1.807, 2.05) is 23.6 Å². The average Bonchev–Trinajstić information content (AvgIpc) is 3.17. The van der Waals surface area contributed by atoms with Crippen LogP contribution in [0.25, 0.3) is 21.8 Å². The van der Waals surface area contributed by atoms with E-state index >= 15 is 0 Å². The van der Waals surface area contributed by atoms with Gasteiger partial charge in [-0.2, -0.15) is 0 Å². The van der Waals surface area contributed by atoms with Crippen LogP contribution >= 0.6 is 34.5 Å². The number of carbonyl (C=O) groups is 1. The summed E-state index contributed by atoms with van der Waals surface area (Å²) < 4.78 is 14.1. The second kappa shape index (κ2) is 8.33. The van der Waals surface area contributed by atoms with Gasteiger partial charge in [-0.05, 0) is 36.4 Å². The van der Waals surface area contributed by atoms with Crippen molar-refractivity contribution in [2.24, 2.45) is 0 Å². The Kier molecular flexibility index (Phi) is 5.62. The third-order valence-electron chi connectivity index (χ3n) is 4.18. The van der Waals surface area contributed by atoms with Crippen molar-refractivity contribution in [2.45, 2.75) is 0 Å². The van der Waals surface area contributed by atoms with Crippen LogP contribution in [0.3, 0.4) is 0 Å². The number of amides is 1. The minimum absolute atomic E-state index is 0.326. The van der Waals surface area contributed by atoms with Crippen LogP contribution in [0.5, 0.6) is 0 Å². The van der Waals surface area contributed by atoms with Crippen molar-refractivity contribution in [2.75, 3.05) is 5.32 Å². The number of aromatic nitrogens is 1. The molecule has 1 aromatic heterocycles. The summed E-state index contributed by atoms with van der Waals surface area (Å²) in [6.07, 6.45) is 0. The lowest BCUT2D eigenvalue weighted by Gasteiger charge is -2.10. The predicted octanol–water partition coefficient (Wildman–Crippen LogP) is 7.18. The van der Waals surface area contributed by atoms with E-state index in [1.165, 1.54) is 17.4 Å². The lowest BCUT2D eigenvalue weighted by atomic mass is 10.1. The van der Waals surface area contributed by atoms with E-state index in [9.17, 15) is 9.18 Å². The molecule has 0 aliphatic rings. The number of hydrogen-bond acceptors (Lipinski definition) is 3. The van der Waals surface area contributed by atoms with Crippen LogP contribution in [0, 0.1) is 5.82 Å². The molecule has 29 heavy (non-hydrogen) atoms. The van der Waals surface area contributed by atoms with Gasteiger partial charge in [0.05, 0.1) is 11.4 Å². The molecule has 1 N–H and O–H groups in total. The van der Waals surface area contributed by atoms with Crippen LogP contribution in [0.2, 0.25) is 10.0 Å². The number of halogens is 3. The normalized spacial score (nSPS) is 10.7. The highest BCUT2D eigenvalue weighted by atomic mass is 35.5. The average molecular weight is 443 g/mol. The van der Waals surface area contributed by atoms with Crippen molar-refractivity contribution >= 4 is 46.1 Å². The van der Waals surface area contributed by atoms with E-state index in [-0.39, 0.29) is 11.7 Å². The summed E-state index contributed by atoms with van der Waals surface area (Å²) >= 11 is 13.3. The third kappa shape index (κ3) is 4.32. The second-order valence-electron chi connectivity index (χ2n) is 6.18. The van der Waals surface area contributed by atoms with Crippen molar-refractivity contribution in [1.82, 2.24) is 4.98 Å². The highest BCUT2D eigenvalue weighted by molar-refractivity contribution is 7.13. The number of anilines is 1. The molecule has 0 atom stereocenters. The molecule has 1 amide bonds. The minimum Gasteiger partial charge on any atom is -0.321 e. The Hall–Kier alpha value is -2.73. The molecular weight excluding hydrogens is 430 g/mol. The van der Waals surface area contributed by atoms with Crippen LogP contribution in [0.4, 0.5) is 10.1 Å². The molecule has 0 aliphatic carbocycles. The topological polar surface area (TPSA) is 42.0 Å². The molecule has 0 radical (unpaired) electrons. The van der Waals surface area contributed by atoms with Gasteiger partial charge in [0.15, 0.2) is 0 Å². The highest BCUT2D eigenvalue weighted by Crippen LogP contribution is 2.34. The smallest absolute Gasteiger partial charge is 0.255 e. The molecule has 7 heteroatoms. The Morgan fingerprint density at radius 3 is 2.31 bits per heavy atom. The molecule has 0 bridgehead atoms. The summed E-state index contributed by atoms with van der Waals surface area (Å²) in [7, 11) is 0. The zero-order valence-corrected chi connectivity index (χ0v) is 17.2. The maximum absolute atomic E-state index is 14.1. The molecule has 0 aliphatic heterocycles. The van der Waals surface area contributed by atoms with Gasteiger partial charge in [0, 0.05) is 32.1 Å². The quantitative estimate of drug-likeness (QED) is 0.363. The van der Waals surface area contributed by atoms with Gasteiger partial charge in [0.25, 0.3) is 5.91 Å². The zero-order valence-electron chi connectivity index (χ0n) is 14.8. The van der Waals surface area contributed by atoms with E-state index < -0.39 is 0 Å². The molecule has 0 saturated carbocycles. The van der Waals surface area contributed by atoms with Crippen molar-refractivity contribution in [3.05, 3.63) is 93.5 Å². The Balaban J connectivity index is 1.66. The molecule has 0 unspecified atom stereocenters. The Morgan fingerprint density at radius 2 is 1.59 bits per heavy atom. The summed E-state index contributed by atoms with van der Waals surface area (Å²) in [5.74, 6) is -0.667. The molecule has 3 aromatic carbocycles. The highest BCUT2D eigenvalue weighted by Gasteiger charge is 2.15. The first-order valence-electron chi connectivity index (χ1n) is 8.58. The van der Waals surface area contributed by atoms with Gasteiger partial charge < -0.3 is 5.32 Å². The molecule has 0 spiro atoms. The lowest BCUT2D eigenvalue weighted by Crippen LogP contribution is -2.12. The summed E-state index contributed by atoms with van der Waals surface area (Å²) in [5.41, 5.74) is 2.75. The van der Waals surface area contributed by atoms with Gasteiger partial charge in [-0.25, -0.2) is 9.37 Å². The van der Waals surface area contributed by atoms with E-state index in [2.05, 4.69) is 10.3 Å². The number of hydrogen-bond donors (Lipinski definition) is 1. The standard InChI is InChI=1S/C22H13Cl2FN2OS/c23-14-9-13(10-15(24)11-14)21(28)26-19-8-4-2-6-17(19)20-12-29-22(27-20)16-5-1-3-7-18(16)25/h1-12H,(H,26,28). The summed E-state index contributed by atoms with van der Waals surface area (Å²) in [5, 5.41) is 6.04. The van der Waals surface area contributed by atoms with E-state index in [0.717, 1.165) is 5.56 Å². The Labute approximate surface area is 180 Å². The number of para-hydroxylation sites is 1. The largest absolute Gasteiger partial charge is 0.321 e. The first kappa shape index (κ1) is 19.6. The number of nitrogens with zero attached hydrogens (tertiary/aromatic N) is 1. The van der Waals surface area contributed by atoms with E-state index in [1.54, 1.807) is 42.5 Å². The number of carbonyl (C=O) groups excluding carboxylic acids is 1. The number of benzene rings is 3. The minimum atomic E-state index is -0.341. The Bertz CT molecular complexity index is 1190. The van der Waals surface area contributed by atoms with Crippen molar-refractivity contribution in [1.29, 1.82) is 0 Å². The fourth-order valence-corrected chi connectivity index (χ4v) is 4.22. The molecular formula is C22H13Cl2FN2OS. The molecule has 144 valence electrons. The first-order chi connectivity index (χ1) is 14.0. The summed E-state index contributed by atoms with van der Waals surface area (Å²) in [4.78, 5) is 17.2. The molecule has 1 heterocycles. The van der Waals surface area contributed by atoms with Crippen LogP contribution in [0.15, 0.2) is 72.1 Å². The lowest BCUT2D eigenvalue weighted by molar-refractivity contribution is 0.102. The van der Waals surface area contributed by atoms with Gasteiger partial charge in [-0.15, -0.1) is 11.3 Å². The van der Waals surface area contributed by atoms with Crippen LogP contribution in [-0.2, 0) is 0 Å². The second-order valence-corrected chi connectivity index (χ2v) is 7.91. The van der Waals surface area contributed by atoms with Crippen molar-refractivity contribution in [3.63, 3.8) is 0 Å². The molecule has 4 rings (SSSR count). The SMILES string of the molecule is O=C(Nc1ccccc1-c1csc(-c2ccccc2F)n1)c1cc(Cl)cc(Cl)c1. The van der Waals surface area contributed by atoms with E-state index in [4.69, 9.17) is 23.2 Å². The van der Waals surface area contributed by atoms with E-state index in [0.29, 0.717) is 37.6 Å².